The maximum absolute atomic E-state index is 10.9. The Kier molecular flexibility index (Phi) is 5.81. The van der Waals surface area contributed by atoms with E-state index in [-0.39, 0.29) is 12.4 Å². The Hall–Kier alpha value is -1.06. The fourth-order valence-corrected chi connectivity index (χ4v) is 1.55. The van der Waals surface area contributed by atoms with Crippen LogP contribution in [0.1, 0.15) is 45.4 Å². The highest BCUT2D eigenvalue weighted by molar-refractivity contribution is 5.84. The Bertz CT molecular complexity index is 218. The molecule has 0 N–H and O–H groups in total. The SMILES string of the molecule is CCOC(=O)CCON=C1CCCCC1. The van der Waals surface area contributed by atoms with Crippen LogP contribution in [0.4, 0.5) is 0 Å². The van der Waals surface area contributed by atoms with Gasteiger partial charge in [0.05, 0.1) is 18.7 Å². The largest absolute Gasteiger partial charge is 0.466 e. The number of oxime groups is 1. The topological polar surface area (TPSA) is 47.9 Å². The summed E-state index contributed by atoms with van der Waals surface area (Å²) >= 11 is 0. The van der Waals surface area contributed by atoms with Crippen LogP contribution < -0.4 is 0 Å². The predicted octanol–water partition coefficient (Wildman–Crippen LogP) is 2.28. The Morgan fingerprint density at radius 1 is 1.33 bits per heavy atom. The Labute approximate surface area is 90.6 Å². The number of ether oxygens (including phenoxy) is 1. The lowest BCUT2D eigenvalue weighted by Gasteiger charge is -2.11. The first-order valence-corrected chi connectivity index (χ1v) is 5.66. The molecule has 0 radical (unpaired) electrons. The van der Waals surface area contributed by atoms with Gasteiger partial charge in [-0.3, -0.25) is 4.79 Å². The molecule has 0 aliphatic heterocycles. The Morgan fingerprint density at radius 2 is 2.07 bits per heavy atom. The summed E-state index contributed by atoms with van der Waals surface area (Å²) in [5, 5.41) is 4.02. The molecule has 1 aliphatic rings. The van der Waals surface area contributed by atoms with E-state index in [0.29, 0.717) is 13.2 Å². The molecule has 0 heterocycles. The summed E-state index contributed by atoms with van der Waals surface area (Å²) in [5.41, 5.74) is 1.13. The van der Waals surface area contributed by atoms with E-state index in [1.807, 2.05) is 0 Å². The van der Waals surface area contributed by atoms with Crippen molar-refractivity contribution in [1.29, 1.82) is 0 Å². The van der Waals surface area contributed by atoms with Crippen LogP contribution in [0, 0.1) is 0 Å². The molecule has 0 aromatic heterocycles. The smallest absolute Gasteiger partial charge is 0.309 e. The number of esters is 1. The van der Waals surface area contributed by atoms with Crippen LogP contribution in [0.15, 0.2) is 5.16 Å². The van der Waals surface area contributed by atoms with Gasteiger partial charge in [-0.25, -0.2) is 0 Å². The molecular weight excluding hydrogens is 194 g/mol. The van der Waals surface area contributed by atoms with Crippen molar-refractivity contribution in [3.8, 4) is 0 Å². The molecule has 0 unspecified atom stereocenters. The molecule has 1 fully saturated rings. The zero-order valence-electron chi connectivity index (χ0n) is 9.33. The molecule has 0 bridgehead atoms. The van der Waals surface area contributed by atoms with E-state index in [4.69, 9.17) is 9.57 Å². The van der Waals surface area contributed by atoms with Crippen LogP contribution in [0.5, 0.6) is 0 Å². The van der Waals surface area contributed by atoms with Crippen molar-refractivity contribution in [2.75, 3.05) is 13.2 Å². The van der Waals surface area contributed by atoms with Crippen molar-refractivity contribution in [2.24, 2.45) is 5.16 Å². The lowest BCUT2D eigenvalue weighted by Crippen LogP contribution is -2.09. The fraction of sp³-hybridized carbons (Fsp3) is 0.818. The third-order valence-corrected chi connectivity index (χ3v) is 2.33. The molecule has 0 amide bonds. The molecule has 0 atom stereocenters. The summed E-state index contributed by atoms with van der Waals surface area (Å²) in [6, 6.07) is 0. The lowest BCUT2D eigenvalue weighted by atomic mass is 9.99. The van der Waals surface area contributed by atoms with Gasteiger partial charge in [0.15, 0.2) is 0 Å². The van der Waals surface area contributed by atoms with Gasteiger partial charge >= 0.3 is 5.97 Å². The standard InChI is InChI=1S/C11H19NO3/c1-2-14-11(13)8-9-15-12-10-6-4-3-5-7-10/h2-9H2,1H3. The van der Waals surface area contributed by atoms with E-state index in [9.17, 15) is 4.79 Å². The quantitative estimate of drug-likeness (QED) is 0.400. The van der Waals surface area contributed by atoms with Gasteiger partial charge in [0.25, 0.3) is 0 Å². The number of hydrogen-bond acceptors (Lipinski definition) is 4. The monoisotopic (exact) mass is 213 g/mol. The molecule has 4 heteroatoms. The van der Waals surface area contributed by atoms with Crippen LogP contribution in [-0.4, -0.2) is 24.9 Å². The predicted molar refractivity (Wildman–Crippen MR) is 57.7 cm³/mol. The van der Waals surface area contributed by atoms with Crippen LogP contribution in [0.3, 0.4) is 0 Å². The zero-order valence-corrected chi connectivity index (χ0v) is 9.33. The Balaban J connectivity index is 2.06. The molecule has 0 spiro atoms. The number of hydrogen-bond donors (Lipinski definition) is 0. The molecule has 0 aromatic rings. The summed E-state index contributed by atoms with van der Waals surface area (Å²) in [6.45, 7) is 2.54. The first-order valence-electron chi connectivity index (χ1n) is 5.66. The summed E-state index contributed by atoms with van der Waals surface area (Å²) in [5.74, 6) is -0.221. The minimum atomic E-state index is -0.221. The molecule has 1 rings (SSSR count). The molecule has 1 saturated carbocycles. The van der Waals surface area contributed by atoms with Gasteiger partial charge < -0.3 is 9.57 Å². The van der Waals surface area contributed by atoms with Gasteiger partial charge in [-0.15, -0.1) is 0 Å². The van der Waals surface area contributed by atoms with Crippen LogP contribution >= 0.6 is 0 Å². The minimum Gasteiger partial charge on any atom is -0.466 e. The summed E-state index contributed by atoms with van der Waals surface area (Å²) in [6.07, 6.45) is 6.07. The fourth-order valence-electron chi connectivity index (χ4n) is 1.55. The number of rotatable bonds is 5. The number of carbonyl (C=O) groups is 1. The lowest BCUT2D eigenvalue weighted by molar-refractivity contribution is -0.144. The van der Waals surface area contributed by atoms with Crippen molar-refractivity contribution in [3.05, 3.63) is 0 Å². The van der Waals surface area contributed by atoms with E-state index in [0.717, 1.165) is 18.6 Å². The summed E-state index contributed by atoms with van der Waals surface area (Å²) < 4.78 is 4.77. The maximum atomic E-state index is 10.9. The Morgan fingerprint density at radius 3 is 2.73 bits per heavy atom. The molecular formula is C11H19NO3. The summed E-state index contributed by atoms with van der Waals surface area (Å²) in [4.78, 5) is 16.0. The molecule has 0 saturated heterocycles. The van der Waals surface area contributed by atoms with E-state index < -0.39 is 0 Å². The highest BCUT2D eigenvalue weighted by atomic mass is 16.6. The van der Waals surface area contributed by atoms with Crippen molar-refractivity contribution >= 4 is 11.7 Å². The van der Waals surface area contributed by atoms with Gasteiger partial charge in [0, 0.05) is 0 Å². The van der Waals surface area contributed by atoms with E-state index >= 15 is 0 Å². The van der Waals surface area contributed by atoms with Gasteiger partial charge in [0.1, 0.15) is 6.61 Å². The second-order valence-electron chi connectivity index (χ2n) is 3.61. The molecule has 0 aromatic carbocycles. The first-order chi connectivity index (χ1) is 7.33. The molecule has 4 nitrogen and oxygen atoms in total. The normalized spacial score (nSPS) is 15.9. The highest BCUT2D eigenvalue weighted by Crippen LogP contribution is 2.14. The van der Waals surface area contributed by atoms with Gasteiger partial charge in [-0.1, -0.05) is 11.6 Å². The van der Waals surface area contributed by atoms with Crippen molar-refractivity contribution in [2.45, 2.75) is 45.4 Å². The highest BCUT2D eigenvalue weighted by Gasteiger charge is 2.07. The third-order valence-electron chi connectivity index (χ3n) is 2.33. The molecule has 15 heavy (non-hydrogen) atoms. The average Bonchev–Trinajstić information content (AvgIpc) is 2.26. The van der Waals surface area contributed by atoms with E-state index in [2.05, 4.69) is 5.16 Å². The van der Waals surface area contributed by atoms with Gasteiger partial charge in [-0.2, -0.15) is 0 Å². The van der Waals surface area contributed by atoms with E-state index in [1.165, 1.54) is 19.3 Å². The van der Waals surface area contributed by atoms with Gasteiger partial charge in [0.2, 0.25) is 0 Å². The van der Waals surface area contributed by atoms with E-state index in [1.54, 1.807) is 6.92 Å². The second-order valence-corrected chi connectivity index (χ2v) is 3.61. The first kappa shape index (κ1) is 12.0. The van der Waals surface area contributed by atoms with Crippen molar-refractivity contribution < 1.29 is 14.4 Å². The zero-order chi connectivity index (χ0) is 10.9. The minimum absolute atomic E-state index is 0.221. The molecule has 86 valence electrons. The van der Waals surface area contributed by atoms with Crippen LogP contribution in [-0.2, 0) is 14.4 Å². The van der Waals surface area contributed by atoms with Crippen LogP contribution in [0.25, 0.3) is 0 Å². The van der Waals surface area contributed by atoms with Gasteiger partial charge in [-0.05, 0) is 32.6 Å². The molecule has 1 aliphatic carbocycles. The van der Waals surface area contributed by atoms with Crippen LogP contribution in [0.2, 0.25) is 0 Å². The summed E-state index contributed by atoms with van der Waals surface area (Å²) in [7, 11) is 0. The number of nitrogens with zero attached hydrogens (tertiary/aromatic N) is 1. The number of carbonyl (C=O) groups excluding carboxylic acids is 1. The van der Waals surface area contributed by atoms with Crippen molar-refractivity contribution in [1.82, 2.24) is 0 Å². The average molecular weight is 213 g/mol. The maximum Gasteiger partial charge on any atom is 0.309 e. The second kappa shape index (κ2) is 7.26. The third kappa shape index (κ3) is 5.40. The van der Waals surface area contributed by atoms with Crippen molar-refractivity contribution in [3.63, 3.8) is 0 Å².